The molecular weight excluding hydrogens is 545 g/mol. The number of nitrogens with zero attached hydrogens (tertiary/aromatic N) is 2. The molecule has 0 saturated heterocycles. The summed E-state index contributed by atoms with van der Waals surface area (Å²) in [6, 6.07) is 17.5. The van der Waals surface area contributed by atoms with E-state index in [1.165, 1.54) is 42.3 Å². The highest BCUT2D eigenvalue weighted by Gasteiger charge is 2.34. The van der Waals surface area contributed by atoms with Crippen molar-refractivity contribution >= 4 is 50.7 Å². The smallest absolute Gasteiger partial charge is 0.264 e. The number of carbonyl (C=O) groups is 2. The van der Waals surface area contributed by atoms with Crippen LogP contribution in [0, 0.1) is 13.8 Å². The summed E-state index contributed by atoms with van der Waals surface area (Å²) < 4.78 is 28.7. The lowest BCUT2D eigenvalue weighted by atomic mass is 10.1. The van der Waals surface area contributed by atoms with E-state index in [1.807, 2.05) is 38.1 Å². The van der Waals surface area contributed by atoms with Gasteiger partial charge in [0.25, 0.3) is 10.0 Å². The molecule has 0 heterocycles. The van der Waals surface area contributed by atoms with Crippen molar-refractivity contribution in [1.82, 2.24) is 10.2 Å². The fourth-order valence-electron chi connectivity index (χ4n) is 4.00. The number of likely N-dealkylation sites (N-methyl/N-ethyl adjacent to an activating group) is 1. The maximum Gasteiger partial charge on any atom is 0.264 e. The SMILES string of the molecule is CC[C@H](C(=O)NC)N(Cc1ccc(C)cc1)C(=O)CN(c1cc(Cl)ccc1Cl)S(=O)(=O)c1ccc(C)cc1. The monoisotopic (exact) mass is 575 g/mol. The second-order valence-corrected chi connectivity index (χ2v) is 11.7. The minimum atomic E-state index is -4.23. The summed E-state index contributed by atoms with van der Waals surface area (Å²) >= 11 is 12.6. The first-order valence-electron chi connectivity index (χ1n) is 12.1. The molecular formula is C28H31Cl2N3O4S. The largest absolute Gasteiger partial charge is 0.357 e. The van der Waals surface area contributed by atoms with Crippen LogP contribution in [0.25, 0.3) is 0 Å². The molecule has 7 nitrogen and oxygen atoms in total. The molecule has 3 aromatic carbocycles. The summed E-state index contributed by atoms with van der Waals surface area (Å²) in [5.74, 6) is -0.908. The van der Waals surface area contributed by atoms with Gasteiger partial charge in [0, 0.05) is 18.6 Å². The molecule has 2 amide bonds. The Hall–Kier alpha value is -3.07. The number of hydrogen-bond donors (Lipinski definition) is 1. The highest BCUT2D eigenvalue weighted by Crippen LogP contribution is 2.33. The zero-order valence-electron chi connectivity index (χ0n) is 21.7. The maximum atomic E-state index is 13.9. The van der Waals surface area contributed by atoms with Crippen LogP contribution in [-0.2, 0) is 26.2 Å². The van der Waals surface area contributed by atoms with Crippen molar-refractivity contribution in [2.45, 2.75) is 44.7 Å². The van der Waals surface area contributed by atoms with Crippen molar-refractivity contribution in [2.24, 2.45) is 0 Å². The van der Waals surface area contributed by atoms with Gasteiger partial charge in [0.1, 0.15) is 12.6 Å². The molecule has 0 aliphatic heterocycles. The van der Waals surface area contributed by atoms with Crippen LogP contribution < -0.4 is 9.62 Å². The van der Waals surface area contributed by atoms with Gasteiger partial charge in [0.05, 0.1) is 15.6 Å². The summed E-state index contributed by atoms with van der Waals surface area (Å²) in [7, 11) is -2.73. The standard InChI is InChI=1S/C28H31Cl2N3O4S/c1-5-25(28(35)31-4)32(17-21-10-6-19(2)7-11-21)27(34)18-33(26-16-22(29)12-15-24(26)30)38(36,37)23-13-8-20(3)9-14-23/h6-16,25H,5,17-18H2,1-4H3,(H,31,35)/t25-/m1/s1. The molecule has 0 fully saturated rings. The Morgan fingerprint density at radius 2 is 1.50 bits per heavy atom. The van der Waals surface area contributed by atoms with Crippen LogP contribution in [0.2, 0.25) is 10.0 Å². The Kier molecular flexibility index (Phi) is 9.82. The Labute approximate surface area is 234 Å². The number of nitrogens with one attached hydrogen (secondary N) is 1. The van der Waals surface area contributed by atoms with Crippen molar-refractivity contribution in [1.29, 1.82) is 0 Å². The molecule has 0 spiro atoms. The Bertz CT molecular complexity index is 1390. The fourth-order valence-corrected chi connectivity index (χ4v) is 5.86. The van der Waals surface area contributed by atoms with E-state index in [0.29, 0.717) is 6.42 Å². The van der Waals surface area contributed by atoms with E-state index in [0.717, 1.165) is 21.0 Å². The molecule has 0 aromatic heterocycles. The predicted molar refractivity (Wildman–Crippen MR) is 152 cm³/mol. The minimum Gasteiger partial charge on any atom is -0.357 e. The maximum absolute atomic E-state index is 13.9. The van der Waals surface area contributed by atoms with Gasteiger partial charge in [-0.3, -0.25) is 13.9 Å². The topological polar surface area (TPSA) is 86.8 Å². The molecule has 0 unspecified atom stereocenters. The lowest BCUT2D eigenvalue weighted by Crippen LogP contribution is -2.51. The molecule has 0 saturated carbocycles. The lowest BCUT2D eigenvalue weighted by molar-refractivity contribution is -0.140. The van der Waals surface area contributed by atoms with E-state index in [2.05, 4.69) is 5.32 Å². The van der Waals surface area contributed by atoms with Crippen LogP contribution in [-0.4, -0.2) is 44.8 Å². The zero-order valence-corrected chi connectivity index (χ0v) is 24.1. The van der Waals surface area contributed by atoms with Gasteiger partial charge in [-0.05, 0) is 56.2 Å². The molecule has 202 valence electrons. The van der Waals surface area contributed by atoms with Gasteiger partial charge in [0.2, 0.25) is 11.8 Å². The summed E-state index contributed by atoms with van der Waals surface area (Å²) in [5.41, 5.74) is 2.81. The quantitative estimate of drug-likeness (QED) is 0.352. The third kappa shape index (κ3) is 6.87. The van der Waals surface area contributed by atoms with Crippen LogP contribution in [0.15, 0.2) is 71.6 Å². The van der Waals surface area contributed by atoms with Crippen molar-refractivity contribution < 1.29 is 18.0 Å². The van der Waals surface area contributed by atoms with Crippen LogP contribution in [0.1, 0.15) is 30.0 Å². The Morgan fingerprint density at radius 3 is 2.05 bits per heavy atom. The van der Waals surface area contributed by atoms with Gasteiger partial charge >= 0.3 is 0 Å². The molecule has 3 rings (SSSR count). The van der Waals surface area contributed by atoms with Crippen molar-refractivity contribution in [3.63, 3.8) is 0 Å². The molecule has 10 heteroatoms. The van der Waals surface area contributed by atoms with Crippen LogP contribution in [0.3, 0.4) is 0 Å². The van der Waals surface area contributed by atoms with Crippen LogP contribution in [0.5, 0.6) is 0 Å². The van der Waals surface area contributed by atoms with Gasteiger partial charge < -0.3 is 10.2 Å². The third-order valence-electron chi connectivity index (χ3n) is 6.17. The number of anilines is 1. The van der Waals surface area contributed by atoms with Gasteiger partial charge in [-0.1, -0.05) is 77.7 Å². The second-order valence-electron chi connectivity index (χ2n) is 8.97. The molecule has 0 bridgehead atoms. The summed E-state index contributed by atoms with van der Waals surface area (Å²) in [4.78, 5) is 28.1. The lowest BCUT2D eigenvalue weighted by Gasteiger charge is -2.33. The van der Waals surface area contributed by atoms with Gasteiger partial charge in [-0.2, -0.15) is 0 Å². The number of carbonyl (C=O) groups excluding carboxylic acids is 2. The van der Waals surface area contributed by atoms with Crippen molar-refractivity contribution in [3.05, 3.63) is 93.5 Å². The normalized spacial score (nSPS) is 12.1. The van der Waals surface area contributed by atoms with E-state index in [9.17, 15) is 18.0 Å². The number of aryl methyl sites for hydroxylation is 2. The predicted octanol–water partition coefficient (Wildman–Crippen LogP) is 5.36. The molecule has 1 atom stereocenters. The van der Waals surface area contributed by atoms with Gasteiger partial charge in [0.15, 0.2) is 0 Å². The molecule has 38 heavy (non-hydrogen) atoms. The first-order chi connectivity index (χ1) is 18.0. The number of rotatable bonds is 10. The van der Waals surface area contributed by atoms with Crippen molar-refractivity contribution in [2.75, 3.05) is 17.9 Å². The molecule has 0 aliphatic carbocycles. The van der Waals surface area contributed by atoms with E-state index in [-0.39, 0.29) is 33.1 Å². The molecule has 1 N–H and O–H groups in total. The Morgan fingerprint density at radius 1 is 0.921 bits per heavy atom. The average molecular weight is 577 g/mol. The summed E-state index contributed by atoms with van der Waals surface area (Å²) in [6.07, 6.45) is 0.333. The van der Waals surface area contributed by atoms with Gasteiger partial charge in [-0.15, -0.1) is 0 Å². The first kappa shape index (κ1) is 29.5. The van der Waals surface area contributed by atoms with Gasteiger partial charge in [-0.25, -0.2) is 8.42 Å². The zero-order chi connectivity index (χ0) is 28.0. The minimum absolute atomic E-state index is 0.00429. The van der Waals surface area contributed by atoms with E-state index in [4.69, 9.17) is 23.2 Å². The Balaban J connectivity index is 2.10. The number of amides is 2. The second kappa shape index (κ2) is 12.7. The molecule has 3 aromatic rings. The highest BCUT2D eigenvalue weighted by atomic mass is 35.5. The fraction of sp³-hybridized carbons (Fsp3) is 0.286. The number of benzene rings is 3. The van der Waals surface area contributed by atoms with E-state index < -0.39 is 28.5 Å². The first-order valence-corrected chi connectivity index (χ1v) is 14.3. The number of sulfonamides is 1. The molecule has 0 radical (unpaired) electrons. The molecule has 0 aliphatic rings. The summed E-state index contributed by atoms with van der Waals surface area (Å²) in [6.45, 7) is 5.12. The summed E-state index contributed by atoms with van der Waals surface area (Å²) in [5, 5.41) is 2.98. The third-order valence-corrected chi connectivity index (χ3v) is 8.50. The van der Waals surface area contributed by atoms with Crippen LogP contribution >= 0.6 is 23.2 Å². The van der Waals surface area contributed by atoms with E-state index >= 15 is 0 Å². The average Bonchev–Trinajstić information content (AvgIpc) is 2.89. The van der Waals surface area contributed by atoms with Crippen LogP contribution in [0.4, 0.5) is 5.69 Å². The number of hydrogen-bond acceptors (Lipinski definition) is 4. The number of halogens is 2. The van der Waals surface area contributed by atoms with Crippen molar-refractivity contribution in [3.8, 4) is 0 Å². The van der Waals surface area contributed by atoms with E-state index in [1.54, 1.807) is 19.1 Å². The highest BCUT2D eigenvalue weighted by molar-refractivity contribution is 7.92.